The monoisotopic (exact) mass is 236 g/mol. The Morgan fingerprint density at radius 3 is 3.00 bits per heavy atom. The first-order chi connectivity index (χ1) is 8.20. The van der Waals surface area contributed by atoms with Crippen molar-refractivity contribution in [2.45, 2.75) is 20.3 Å². The van der Waals surface area contributed by atoms with E-state index in [4.69, 9.17) is 0 Å². The normalized spacial score (nSPS) is 19.9. The molecule has 1 aromatic carbocycles. The lowest BCUT2D eigenvalue weighted by Gasteiger charge is -2.19. The maximum atomic E-state index is 13.8. The molecule has 1 aliphatic heterocycles. The molecular formula is C14H21FN2. The lowest BCUT2D eigenvalue weighted by Crippen LogP contribution is -2.26. The first-order valence-electron chi connectivity index (χ1n) is 6.42. The number of hydrogen-bond donors (Lipinski definition) is 1. The Morgan fingerprint density at radius 1 is 1.47 bits per heavy atom. The van der Waals surface area contributed by atoms with Crippen LogP contribution in [0.1, 0.15) is 18.9 Å². The van der Waals surface area contributed by atoms with Gasteiger partial charge in [-0.15, -0.1) is 0 Å². The lowest BCUT2D eigenvalue weighted by atomic mass is 10.1. The number of halogens is 1. The maximum absolute atomic E-state index is 13.8. The minimum Gasteiger partial charge on any atom is -0.369 e. The smallest absolute Gasteiger partial charge is 0.146 e. The summed E-state index contributed by atoms with van der Waals surface area (Å²) in [6.45, 7) is 8.02. The van der Waals surface area contributed by atoms with Gasteiger partial charge >= 0.3 is 0 Å². The van der Waals surface area contributed by atoms with E-state index < -0.39 is 0 Å². The summed E-state index contributed by atoms with van der Waals surface area (Å²) in [6.07, 6.45) is 1.15. The molecule has 1 aliphatic rings. The zero-order valence-electron chi connectivity index (χ0n) is 10.7. The first-order valence-corrected chi connectivity index (χ1v) is 6.42. The van der Waals surface area contributed by atoms with Gasteiger partial charge in [0.05, 0.1) is 5.69 Å². The molecule has 1 aromatic rings. The summed E-state index contributed by atoms with van der Waals surface area (Å²) in [5, 5.41) is 3.37. The average Bonchev–Trinajstić information content (AvgIpc) is 2.75. The van der Waals surface area contributed by atoms with E-state index in [2.05, 4.69) is 17.1 Å². The molecule has 1 N–H and O–H groups in total. The zero-order valence-corrected chi connectivity index (χ0v) is 10.7. The van der Waals surface area contributed by atoms with Crippen LogP contribution in [0.3, 0.4) is 0 Å². The molecule has 2 rings (SSSR count). The Morgan fingerprint density at radius 2 is 2.29 bits per heavy atom. The molecule has 0 amide bonds. The minimum absolute atomic E-state index is 0.0888. The molecule has 1 saturated heterocycles. The summed E-state index contributed by atoms with van der Waals surface area (Å²) in [5.41, 5.74) is 1.74. The predicted octanol–water partition coefficient (Wildman–Crippen LogP) is 2.57. The van der Waals surface area contributed by atoms with Gasteiger partial charge in [0.2, 0.25) is 0 Å². The van der Waals surface area contributed by atoms with Crippen LogP contribution in [0.15, 0.2) is 18.2 Å². The molecule has 1 fully saturated rings. The van der Waals surface area contributed by atoms with Crippen LogP contribution >= 0.6 is 0 Å². The number of aryl methyl sites for hydroxylation is 1. The van der Waals surface area contributed by atoms with E-state index >= 15 is 0 Å². The third kappa shape index (κ3) is 2.97. The van der Waals surface area contributed by atoms with E-state index in [0.717, 1.165) is 43.9 Å². The SMILES string of the molecule is CCNCC1CCN(c2ccc(C)cc2F)C1. The highest BCUT2D eigenvalue weighted by Gasteiger charge is 2.23. The van der Waals surface area contributed by atoms with Crippen molar-refractivity contribution in [3.8, 4) is 0 Å². The number of benzene rings is 1. The largest absolute Gasteiger partial charge is 0.369 e. The summed E-state index contributed by atoms with van der Waals surface area (Å²) in [6, 6.07) is 5.50. The van der Waals surface area contributed by atoms with Crippen LogP contribution in [-0.4, -0.2) is 26.2 Å². The Hall–Kier alpha value is -1.09. The van der Waals surface area contributed by atoms with Gasteiger partial charge in [0.15, 0.2) is 0 Å². The summed E-state index contributed by atoms with van der Waals surface area (Å²) in [5.74, 6) is 0.560. The van der Waals surface area contributed by atoms with Crippen molar-refractivity contribution in [2.24, 2.45) is 5.92 Å². The van der Waals surface area contributed by atoms with Gasteiger partial charge in [0.25, 0.3) is 0 Å². The molecule has 17 heavy (non-hydrogen) atoms. The lowest BCUT2D eigenvalue weighted by molar-refractivity contribution is 0.527. The number of anilines is 1. The Balaban J connectivity index is 2.00. The van der Waals surface area contributed by atoms with E-state index in [9.17, 15) is 4.39 Å². The fraction of sp³-hybridized carbons (Fsp3) is 0.571. The minimum atomic E-state index is -0.0888. The summed E-state index contributed by atoms with van der Waals surface area (Å²) < 4.78 is 13.8. The number of nitrogens with zero attached hydrogens (tertiary/aromatic N) is 1. The molecule has 0 spiro atoms. The summed E-state index contributed by atoms with van der Waals surface area (Å²) in [4.78, 5) is 2.16. The molecule has 0 saturated carbocycles. The molecule has 1 heterocycles. The van der Waals surface area contributed by atoms with Crippen molar-refractivity contribution < 1.29 is 4.39 Å². The highest BCUT2D eigenvalue weighted by molar-refractivity contribution is 5.49. The standard InChI is InChI=1S/C14H21FN2/c1-3-16-9-12-6-7-17(10-12)14-5-4-11(2)8-13(14)15/h4-5,8,12,16H,3,6-7,9-10H2,1-2H3. The van der Waals surface area contributed by atoms with Crippen LogP contribution in [-0.2, 0) is 0 Å². The maximum Gasteiger partial charge on any atom is 0.146 e. The van der Waals surface area contributed by atoms with Crippen LogP contribution in [0.25, 0.3) is 0 Å². The van der Waals surface area contributed by atoms with Crippen LogP contribution in [0.2, 0.25) is 0 Å². The molecule has 0 aliphatic carbocycles. The van der Waals surface area contributed by atoms with Crippen molar-refractivity contribution in [2.75, 3.05) is 31.1 Å². The third-order valence-electron chi connectivity index (χ3n) is 3.41. The number of hydrogen-bond acceptors (Lipinski definition) is 2. The Kier molecular flexibility index (Phi) is 4.00. The van der Waals surface area contributed by atoms with Crippen molar-refractivity contribution in [3.05, 3.63) is 29.6 Å². The quantitative estimate of drug-likeness (QED) is 0.864. The first kappa shape index (κ1) is 12.4. The van der Waals surface area contributed by atoms with E-state index in [0.29, 0.717) is 5.92 Å². The van der Waals surface area contributed by atoms with Crippen molar-refractivity contribution in [1.82, 2.24) is 5.32 Å². The van der Waals surface area contributed by atoms with E-state index in [-0.39, 0.29) is 5.82 Å². The molecule has 2 nitrogen and oxygen atoms in total. The van der Waals surface area contributed by atoms with Crippen LogP contribution in [0.4, 0.5) is 10.1 Å². The van der Waals surface area contributed by atoms with Gasteiger partial charge in [-0.2, -0.15) is 0 Å². The zero-order chi connectivity index (χ0) is 12.3. The second-order valence-electron chi connectivity index (χ2n) is 4.86. The van der Waals surface area contributed by atoms with Crippen LogP contribution < -0.4 is 10.2 Å². The summed E-state index contributed by atoms with van der Waals surface area (Å²) in [7, 11) is 0. The molecule has 94 valence electrons. The fourth-order valence-electron chi connectivity index (χ4n) is 2.43. The highest BCUT2D eigenvalue weighted by Crippen LogP contribution is 2.26. The van der Waals surface area contributed by atoms with E-state index in [1.807, 2.05) is 19.1 Å². The van der Waals surface area contributed by atoms with Crippen molar-refractivity contribution in [1.29, 1.82) is 0 Å². The number of rotatable bonds is 4. The Bertz CT molecular complexity index is 378. The Labute approximate surface area is 103 Å². The topological polar surface area (TPSA) is 15.3 Å². The van der Waals surface area contributed by atoms with Gasteiger partial charge < -0.3 is 10.2 Å². The molecule has 3 heteroatoms. The van der Waals surface area contributed by atoms with E-state index in [1.165, 1.54) is 0 Å². The molecule has 0 bridgehead atoms. The predicted molar refractivity (Wildman–Crippen MR) is 70.0 cm³/mol. The molecular weight excluding hydrogens is 215 g/mol. The van der Waals surface area contributed by atoms with Gasteiger partial charge in [-0.1, -0.05) is 13.0 Å². The molecule has 1 atom stereocenters. The fourth-order valence-corrected chi connectivity index (χ4v) is 2.43. The second-order valence-corrected chi connectivity index (χ2v) is 4.86. The van der Waals surface area contributed by atoms with Crippen LogP contribution in [0.5, 0.6) is 0 Å². The van der Waals surface area contributed by atoms with Crippen molar-refractivity contribution >= 4 is 5.69 Å². The van der Waals surface area contributed by atoms with E-state index in [1.54, 1.807) is 6.07 Å². The van der Waals surface area contributed by atoms with Gasteiger partial charge in [-0.3, -0.25) is 0 Å². The van der Waals surface area contributed by atoms with Crippen molar-refractivity contribution in [3.63, 3.8) is 0 Å². The third-order valence-corrected chi connectivity index (χ3v) is 3.41. The molecule has 0 aromatic heterocycles. The van der Waals surface area contributed by atoms with Gasteiger partial charge in [0, 0.05) is 13.1 Å². The highest BCUT2D eigenvalue weighted by atomic mass is 19.1. The molecule has 1 unspecified atom stereocenters. The average molecular weight is 236 g/mol. The van der Waals surface area contributed by atoms with Gasteiger partial charge in [-0.25, -0.2) is 4.39 Å². The number of nitrogens with one attached hydrogen (secondary N) is 1. The summed E-state index contributed by atoms with van der Waals surface area (Å²) >= 11 is 0. The van der Waals surface area contributed by atoms with Crippen LogP contribution in [0, 0.1) is 18.7 Å². The molecule has 0 radical (unpaired) electrons. The second kappa shape index (κ2) is 5.50. The van der Waals surface area contributed by atoms with Gasteiger partial charge in [-0.05, 0) is 50.0 Å². The van der Waals surface area contributed by atoms with Gasteiger partial charge in [0.1, 0.15) is 5.82 Å².